The Morgan fingerprint density at radius 1 is 1.15 bits per heavy atom. The van der Waals surface area contributed by atoms with Gasteiger partial charge in [-0.2, -0.15) is 9.67 Å². The van der Waals surface area contributed by atoms with E-state index in [1.54, 1.807) is 18.0 Å². The van der Waals surface area contributed by atoms with Crippen LogP contribution in [0.15, 0.2) is 30.5 Å². The van der Waals surface area contributed by atoms with Gasteiger partial charge in [0.15, 0.2) is 11.2 Å². The van der Waals surface area contributed by atoms with Crippen molar-refractivity contribution in [2.45, 2.75) is 18.9 Å². The third-order valence-corrected chi connectivity index (χ3v) is 6.62. The molecule has 2 aromatic heterocycles. The minimum Gasteiger partial charge on any atom is -0.497 e. The van der Waals surface area contributed by atoms with Crippen LogP contribution in [-0.2, 0) is 4.79 Å². The number of hydrogen-bond acceptors (Lipinski definition) is 9. The van der Waals surface area contributed by atoms with E-state index in [9.17, 15) is 4.79 Å². The average Bonchev–Trinajstić information content (AvgIpc) is 3.51. The Morgan fingerprint density at radius 3 is 2.71 bits per heavy atom. The third-order valence-electron chi connectivity index (χ3n) is 6.62. The maximum atomic E-state index is 12.7. The van der Waals surface area contributed by atoms with Gasteiger partial charge in [0, 0.05) is 58.3 Å². The molecule has 34 heavy (non-hydrogen) atoms. The molecule has 5 rings (SSSR count). The molecule has 2 fully saturated rings. The molecule has 1 atom stereocenters. The molecule has 1 aromatic carbocycles. The van der Waals surface area contributed by atoms with Crippen LogP contribution in [0.1, 0.15) is 12.8 Å². The van der Waals surface area contributed by atoms with Gasteiger partial charge in [-0.1, -0.05) is 5.21 Å². The molecule has 1 N–H and O–H groups in total. The van der Waals surface area contributed by atoms with E-state index in [0.717, 1.165) is 57.1 Å². The van der Waals surface area contributed by atoms with Crippen LogP contribution in [0, 0.1) is 0 Å². The summed E-state index contributed by atoms with van der Waals surface area (Å²) in [7, 11) is 3.78. The first kappa shape index (κ1) is 22.5. The Hall–Kier alpha value is -3.31. The van der Waals surface area contributed by atoms with Gasteiger partial charge < -0.3 is 24.8 Å². The van der Waals surface area contributed by atoms with Gasteiger partial charge in [0.2, 0.25) is 11.9 Å². The van der Waals surface area contributed by atoms with Gasteiger partial charge in [-0.3, -0.25) is 4.79 Å². The van der Waals surface area contributed by atoms with E-state index in [1.165, 1.54) is 0 Å². The van der Waals surface area contributed by atoms with E-state index in [1.807, 2.05) is 29.2 Å². The summed E-state index contributed by atoms with van der Waals surface area (Å²) in [6.45, 7) is 6.48. The molecule has 2 aliphatic heterocycles. The van der Waals surface area contributed by atoms with E-state index in [0.29, 0.717) is 30.1 Å². The highest BCUT2D eigenvalue weighted by Crippen LogP contribution is 2.20. The molecule has 11 heteroatoms. The second kappa shape index (κ2) is 9.90. The number of aromatic nitrogens is 5. The number of likely N-dealkylation sites (N-methyl/N-ethyl adjacent to an activating group) is 1. The van der Waals surface area contributed by atoms with Crippen molar-refractivity contribution in [3.05, 3.63) is 30.5 Å². The lowest BCUT2D eigenvalue weighted by molar-refractivity contribution is -0.130. The average molecular weight is 466 g/mol. The standard InChI is InChI=1S/C23H31N9O2/c1-29-11-13-30(14-12-29)9-8-21(33)31-10-7-17(16-31)25-23-24-15-20-22(26-23)32(28-27-20)18-3-5-19(34-2)6-4-18/h3-6,15,17H,7-14,16H2,1-2H3,(H,24,25,26). The summed E-state index contributed by atoms with van der Waals surface area (Å²) < 4.78 is 6.91. The number of carbonyl (C=O) groups is 1. The van der Waals surface area contributed by atoms with Gasteiger partial charge in [0.25, 0.3) is 0 Å². The summed E-state index contributed by atoms with van der Waals surface area (Å²) in [4.78, 5) is 28.5. The normalized spacial score (nSPS) is 19.6. The highest BCUT2D eigenvalue weighted by molar-refractivity contribution is 5.77. The van der Waals surface area contributed by atoms with E-state index in [2.05, 4.69) is 42.4 Å². The quantitative estimate of drug-likeness (QED) is 0.544. The second-order valence-corrected chi connectivity index (χ2v) is 8.97. The molecular formula is C23H31N9O2. The molecule has 4 heterocycles. The lowest BCUT2D eigenvalue weighted by atomic mass is 10.2. The van der Waals surface area contributed by atoms with Crippen LogP contribution in [0.5, 0.6) is 5.75 Å². The van der Waals surface area contributed by atoms with Crippen LogP contribution in [0.2, 0.25) is 0 Å². The van der Waals surface area contributed by atoms with Crippen molar-refractivity contribution in [2.24, 2.45) is 0 Å². The number of carbonyl (C=O) groups excluding carboxylic acids is 1. The summed E-state index contributed by atoms with van der Waals surface area (Å²) >= 11 is 0. The minimum absolute atomic E-state index is 0.121. The summed E-state index contributed by atoms with van der Waals surface area (Å²) in [5, 5.41) is 11.8. The largest absolute Gasteiger partial charge is 0.497 e. The first-order valence-corrected chi connectivity index (χ1v) is 11.8. The van der Waals surface area contributed by atoms with Crippen LogP contribution in [-0.4, -0.2) is 112 Å². The van der Waals surface area contributed by atoms with Gasteiger partial charge in [-0.25, -0.2) is 4.98 Å². The molecule has 180 valence electrons. The van der Waals surface area contributed by atoms with Gasteiger partial charge in [-0.05, 0) is 37.7 Å². The van der Waals surface area contributed by atoms with Crippen LogP contribution in [0.4, 0.5) is 5.95 Å². The molecular weight excluding hydrogens is 434 g/mol. The van der Waals surface area contributed by atoms with Crippen molar-refractivity contribution in [2.75, 3.05) is 65.3 Å². The number of piperazine rings is 1. The molecule has 0 saturated carbocycles. The number of nitrogens with zero attached hydrogens (tertiary/aromatic N) is 8. The fourth-order valence-electron chi connectivity index (χ4n) is 4.47. The second-order valence-electron chi connectivity index (χ2n) is 8.97. The first-order valence-electron chi connectivity index (χ1n) is 11.8. The van der Waals surface area contributed by atoms with E-state index >= 15 is 0 Å². The van der Waals surface area contributed by atoms with Gasteiger partial charge in [0.05, 0.1) is 19.0 Å². The Kier molecular flexibility index (Phi) is 6.54. The summed E-state index contributed by atoms with van der Waals surface area (Å²) in [6.07, 6.45) is 3.12. The Labute approximate surface area is 198 Å². The number of amides is 1. The smallest absolute Gasteiger partial charge is 0.225 e. The van der Waals surface area contributed by atoms with Gasteiger partial charge in [-0.15, -0.1) is 5.10 Å². The fraction of sp³-hybridized carbons (Fsp3) is 0.522. The van der Waals surface area contributed by atoms with Crippen LogP contribution >= 0.6 is 0 Å². The predicted octanol–water partition coefficient (Wildman–Crippen LogP) is 0.869. The summed E-state index contributed by atoms with van der Waals surface area (Å²) in [5.41, 5.74) is 2.08. The molecule has 0 spiro atoms. The van der Waals surface area contributed by atoms with Crippen LogP contribution in [0.3, 0.4) is 0 Å². The Bertz CT molecular complexity index is 1130. The number of nitrogens with one attached hydrogen (secondary N) is 1. The zero-order chi connectivity index (χ0) is 23.5. The number of hydrogen-bond donors (Lipinski definition) is 1. The maximum Gasteiger partial charge on any atom is 0.225 e. The first-order chi connectivity index (χ1) is 16.6. The van der Waals surface area contributed by atoms with Gasteiger partial charge in [0.1, 0.15) is 5.75 Å². The van der Waals surface area contributed by atoms with E-state index in [-0.39, 0.29) is 11.9 Å². The Morgan fingerprint density at radius 2 is 1.94 bits per heavy atom. The SMILES string of the molecule is COc1ccc(-n2nnc3cnc(NC4CCN(C(=O)CCN5CCN(C)CC5)C4)nc32)cc1. The fourth-order valence-corrected chi connectivity index (χ4v) is 4.47. The van der Waals surface area contributed by atoms with Crippen molar-refractivity contribution in [1.82, 2.24) is 39.7 Å². The number of likely N-dealkylation sites (tertiary alicyclic amines) is 1. The topological polar surface area (TPSA) is 105 Å². The van der Waals surface area contributed by atoms with Crippen molar-refractivity contribution < 1.29 is 9.53 Å². The zero-order valence-electron chi connectivity index (χ0n) is 19.7. The number of methoxy groups -OCH3 is 1. The van der Waals surface area contributed by atoms with Gasteiger partial charge >= 0.3 is 0 Å². The van der Waals surface area contributed by atoms with Crippen molar-refractivity contribution in [3.63, 3.8) is 0 Å². The summed E-state index contributed by atoms with van der Waals surface area (Å²) in [5.74, 6) is 1.51. The zero-order valence-corrected chi connectivity index (χ0v) is 19.7. The number of benzene rings is 1. The molecule has 3 aromatic rings. The highest BCUT2D eigenvalue weighted by atomic mass is 16.5. The van der Waals surface area contributed by atoms with E-state index < -0.39 is 0 Å². The molecule has 2 aliphatic rings. The van der Waals surface area contributed by atoms with Crippen LogP contribution in [0.25, 0.3) is 16.9 Å². The van der Waals surface area contributed by atoms with Crippen molar-refractivity contribution >= 4 is 23.0 Å². The van der Waals surface area contributed by atoms with Crippen LogP contribution < -0.4 is 10.1 Å². The molecule has 2 saturated heterocycles. The maximum absolute atomic E-state index is 12.7. The van der Waals surface area contributed by atoms with E-state index in [4.69, 9.17) is 4.74 Å². The molecule has 1 amide bonds. The molecule has 1 unspecified atom stereocenters. The highest BCUT2D eigenvalue weighted by Gasteiger charge is 2.27. The lowest BCUT2D eigenvalue weighted by Gasteiger charge is -2.32. The van der Waals surface area contributed by atoms with Crippen molar-refractivity contribution in [1.29, 1.82) is 0 Å². The monoisotopic (exact) mass is 465 g/mol. The number of fused-ring (bicyclic) bond motifs is 1. The molecule has 0 bridgehead atoms. The predicted molar refractivity (Wildman–Crippen MR) is 128 cm³/mol. The summed E-state index contributed by atoms with van der Waals surface area (Å²) in [6, 6.07) is 7.68. The molecule has 0 radical (unpaired) electrons. The lowest BCUT2D eigenvalue weighted by Crippen LogP contribution is -2.45. The third kappa shape index (κ3) is 4.95. The minimum atomic E-state index is 0.121. The molecule has 0 aliphatic carbocycles. The van der Waals surface area contributed by atoms with Crippen molar-refractivity contribution in [3.8, 4) is 11.4 Å². The molecule has 11 nitrogen and oxygen atoms in total. The number of anilines is 1. The number of ether oxygens (including phenoxy) is 1. The Balaban J connectivity index is 1.19. The number of rotatable bonds is 7.